The molecule has 0 amide bonds. The maximum atomic E-state index is 13.6. The summed E-state index contributed by atoms with van der Waals surface area (Å²) in [6.07, 6.45) is 7.18. The largest absolute Gasteiger partial charge is 0.507 e. The summed E-state index contributed by atoms with van der Waals surface area (Å²) in [5.74, 6) is 0.270. The van der Waals surface area contributed by atoms with E-state index in [2.05, 4.69) is 11.6 Å². The monoisotopic (exact) mass is 423 g/mol. The van der Waals surface area contributed by atoms with Crippen molar-refractivity contribution in [3.8, 4) is 5.75 Å². The van der Waals surface area contributed by atoms with E-state index in [1.807, 2.05) is 53.7 Å². The maximum Gasteiger partial charge on any atom is 0.238 e. The molecule has 0 heterocycles. The van der Waals surface area contributed by atoms with Crippen LogP contribution in [0.1, 0.15) is 111 Å². The number of hydrogen-bond donors (Lipinski definition) is 2. The molecule has 2 N–H and O–H groups in total. The van der Waals surface area contributed by atoms with E-state index in [0.29, 0.717) is 5.69 Å². The first-order chi connectivity index (χ1) is 13.2. The van der Waals surface area contributed by atoms with Crippen LogP contribution in [0.5, 0.6) is 5.75 Å². The minimum atomic E-state index is -3.54. The van der Waals surface area contributed by atoms with Crippen LogP contribution in [0, 0.1) is 0 Å². The van der Waals surface area contributed by atoms with Crippen LogP contribution < -0.4 is 4.72 Å². The summed E-state index contributed by atoms with van der Waals surface area (Å²) in [4.78, 5) is 0. The Kier molecular flexibility index (Phi) is 7.04. The fourth-order valence-electron chi connectivity index (χ4n) is 4.45. The van der Waals surface area contributed by atoms with Gasteiger partial charge in [-0.25, -0.2) is 8.42 Å². The molecule has 0 aromatic heterocycles. The summed E-state index contributed by atoms with van der Waals surface area (Å²) in [6.45, 7) is 14.3. The molecule has 1 aromatic rings. The van der Waals surface area contributed by atoms with Gasteiger partial charge in [0.25, 0.3) is 0 Å². The van der Waals surface area contributed by atoms with Gasteiger partial charge in [-0.3, -0.25) is 4.72 Å². The molecule has 0 saturated heterocycles. The number of anilines is 1. The molecule has 1 aliphatic carbocycles. The third-order valence-electron chi connectivity index (χ3n) is 6.30. The number of hydrogen-bond acceptors (Lipinski definition) is 3. The number of sulfonamides is 1. The zero-order chi connectivity index (χ0) is 22.1. The number of aromatic hydroxyl groups is 1. The predicted molar refractivity (Wildman–Crippen MR) is 123 cm³/mol. The van der Waals surface area contributed by atoms with E-state index in [9.17, 15) is 13.5 Å². The van der Waals surface area contributed by atoms with Crippen molar-refractivity contribution < 1.29 is 13.5 Å². The zero-order valence-electron chi connectivity index (χ0n) is 19.5. The average Bonchev–Trinajstić information content (AvgIpc) is 2.59. The fraction of sp³-hybridized carbons (Fsp3) is 0.750. The minimum absolute atomic E-state index is 0.270. The molecule has 1 saturated carbocycles. The number of rotatable bonds is 6. The van der Waals surface area contributed by atoms with Crippen LogP contribution in [-0.4, -0.2) is 18.3 Å². The molecule has 0 atom stereocenters. The Morgan fingerprint density at radius 2 is 1.45 bits per heavy atom. The van der Waals surface area contributed by atoms with Gasteiger partial charge in [-0.1, -0.05) is 80.6 Å². The normalized spacial score (nSPS) is 17.9. The van der Waals surface area contributed by atoms with Crippen molar-refractivity contribution in [2.24, 2.45) is 0 Å². The van der Waals surface area contributed by atoms with E-state index in [4.69, 9.17) is 0 Å². The van der Waals surface area contributed by atoms with E-state index >= 15 is 0 Å². The third-order valence-corrected chi connectivity index (χ3v) is 8.56. The van der Waals surface area contributed by atoms with Gasteiger partial charge < -0.3 is 5.11 Å². The second-order valence-electron chi connectivity index (χ2n) is 10.9. The Bertz CT molecular complexity index is 773. The minimum Gasteiger partial charge on any atom is -0.507 e. The van der Waals surface area contributed by atoms with Gasteiger partial charge in [0.05, 0.1) is 4.75 Å². The molecular formula is C24H41NO3S. The van der Waals surface area contributed by atoms with E-state index < -0.39 is 14.8 Å². The van der Waals surface area contributed by atoms with Crippen LogP contribution in [0.25, 0.3) is 0 Å². The van der Waals surface area contributed by atoms with E-state index in [0.717, 1.165) is 62.5 Å². The van der Waals surface area contributed by atoms with Crippen molar-refractivity contribution >= 4 is 15.7 Å². The van der Waals surface area contributed by atoms with E-state index in [1.54, 1.807) is 0 Å². The van der Waals surface area contributed by atoms with Crippen molar-refractivity contribution in [2.75, 3.05) is 4.72 Å². The van der Waals surface area contributed by atoms with Crippen LogP contribution in [0.4, 0.5) is 5.69 Å². The Morgan fingerprint density at radius 3 is 1.86 bits per heavy atom. The molecule has 0 aliphatic heterocycles. The molecule has 29 heavy (non-hydrogen) atoms. The first kappa shape index (κ1) is 24.0. The van der Waals surface area contributed by atoms with Gasteiger partial charge in [-0.2, -0.15) is 0 Å². The van der Waals surface area contributed by atoms with Crippen molar-refractivity contribution in [3.63, 3.8) is 0 Å². The van der Waals surface area contributed by atoms with Crippen LogP contribution in [0.2, 0.25) is 0 Å². The second kappa shape index (κ2) is 8.49. The average molecular weight is 424 g/mol. The van der Waals surface area contributed by atoms with Gasteiger partial charge in [0.2, 0.25) is 10.0 Å². The van der Waals surface area contributed by atoms with Gasteiger partial charge in [0.15, 0.2) is 0 Å². The highest BCUT2D eigenvalue weighted by atomic mass is 32.2. The topological polar surface area (TPSA) is 66.4 Å². The lowest BCUT2D eigenvalue weighted by Gasteiger charge is -2.37. The van der Waals surface area contributed by atoms with Crippen molar-refractivity contribution in [3.05, 3.63) is 23.3 Å². The van der Waals surface area contributed by atoms with Crippen LogP contribution in [-0.2, 0) is 20.9 Å². The quantitative estimate of drug-likeness (QED) is 0.505. The standard InChI is InChI=1S/C24H41NO3S/c1-8-9-13-24(14-11-10-12-15-24)29(27,28)25-18-16-19(22(2,3)4)21(26)20(17-18)23(5,6)7/h16-17,25-26H,8-15H2,1-7H3. The molecular weight excluding hydrogens is 382 g/mol. The number of phenols is 1. The Balaban J connectivity index is 2.53. The number of benzene rings is 1. The summed E-state index contributed by atoms with van der Waals surface area (Å²) in [6, 6.07) is 3.64. The molecule has 2 rings (SSSR count). The number of nitrogens with one attached hydrogen (secondary N) is 1. The highest BCUT2D eigenvalue weighted by Crippen LogP contribution is 2.43. The maximum absolute atomic E-state index is 13.6. The van der Waals surface area contributed by atoms with Gasteiger partial charge in [0.1, 0.15) is 5.75 Å². The summed E-state index contributed by atoms with van der Waals surface area (Å²) < 4.78 is 29.5. The molecule has 0 unspecified atom stereocenters. The number of unbranched alkanes of at least 4 members (excludes halogenated alkanes) is 1. The first-order valence-corrected chi connectivity index (χ1v) is 12.6. The first-order valence-electron chi connectivity index (χ1n) is 11.1. The predicted octanol–water partition coefficient (Wildman–Crippen LogP) is 6.62. The van der Waals surface area contributed by atoms with Crippen LogP contribution >= 0.6 is 0 Å². The van der Waals surface area contributed by atoms with Crippen LogP contribution in [0.3, 0.4) is 0 Å². The van der Waals surface area contributed by atoms with Gasteiger partial charge >= 0.3 is 0 Å². The molecule has 1 fully saturated rings. The molecule has 0 radical (unpaired) electrons. The SMILES string of the molecule is CCCCC1(S(=O)(=O)Nc2cc(C(C)(C)C)c(O)c(C(C)(C)C)c2)CCCCC1. The van der Waals surface area contributed by atoms with Gasteiger partial charge in [0, 0.05) is 16.8 Å². The molecule has 0 bridgehead atoms. The molecule has 0 spiro atoms. The molecule has 166 valence electrons. The lowest BCUT2D eigenvalue weighted by Crippen LogP contribution is -2.44. The summed E-state index contributed by atoms with van der Waals surface area (Å²) in [5, 5.41) is 10.9. The summed E-state index contributed by atoms with van der Waals surface area (Å²) in [5.41, 5.74) is 1.52. The summed E-state index contributed by atoms with van der Waals surface area (Å²) in [7, 11) is -3.54. The molecule has 4 nitrogen and oxygen atoms in total. The molecule has 1 aliphatic rings. The lowest BCUT2D eigenvalue weighted by molar-refractivity contribution is 0.348. The van der Waals surface area contributed by atoms with Crippen molar-refractivity contribution in [1.82, 2.24) is 0 Å². The zero-order valence-corrected chi connectivity index (χ0v) is 20.3. The smallest absolute Gasteiger partial charge is 0.238 e. The highest BCUT2D eigenvalue weighted by Gasteiger charge is 2.44. The molecule has 5 heteroatoms. The third kappa shape index (κ3) is 5.28. The van der Waals surface area contributed by atoms with Crippen LogP contribution in [0.15, 0.2) is 12.1 Å². The van der Waals surface area contributed by atoms with Crippen molar-refractivity contribution in [2.45, 2.75) is 115 Å². The highest BCUT2D eigenvalue weighted by molar-refractivity contribution is 7.94. The lowest BCUT2D eigenvalue weighted by atomic mass is 9.79. The number of phenolic OH excluding ortho intramolecular Hbond substituents is 1. The Hall–Kier alpha value is -1.23. The van der Waals surface area contributed by atoms with Crippen molar-refractivity contribution in [1.29, 1.82) is 0 Å². The summed E-state index contributed by atoms with van der Waals surface area (Å²) >= 11 is 0. The van der Waals surface area contributed by atoms with E-state index in [-0.39, 0.29) is 16.6 Å². The van der Waals surface area contributed by atoms with Gasteiger partial charge in [-0.05, 0) is 42.2 Å². The fourth-order valence-corrected chi connectivity index (χ4v) is 6.33. The molecule has 1 aromatic carbocycles. The van der Waals surface area contributed by atoms with Gasteiger partial charge in [-0.15, -0.1) is 0 Å². The Labute approximate surface area is 178 Å². The van der Waals surface area contributed by atoms with E-state index in [1.165, 1.54) is 0 Å². The Morgan fingerprint density at radius 1 is 0.966 bits per heavy atom. The second-order valence-corrected chi connectivity index (χ2v) is 12.9.